The average molecular weight is 345 g/mol. The molecule has 0 aliphatic carbocycles. The molecular formula is C14H8Cl3NO3. The molecule has 0 saturated carbocycles. The third kappa shape index (κ3) is 3.94. The smallest absolute Gasteiger partial charge is 0.271 e. The predicted octanol–water partition coefficient (Wildman–Crippen LogP) is 4.98. The van der Waals surface area contributed by atoms with Crippen LogP contribution in [0.25, 0.3) is 0 Å². The second-order valence-electron chi connectivity index (χ2n) is 4.30. The Balaban J connectivity index is 2.27. The lowest BCUT2D eigenvalue weighted by atomic mass is 10.0. The lowest BCUT2D eigenvalue weighted by Gasteiger charge is -2.04. The Kier molecular flexibility index (Phi) is 4.83. The standard InChI is InChI=1S/C14H8Cl3NO3/c15-10-5-9(6-11(7-10)18(20)21)14(19)4-8-1-2-12(16)13(17)3-8/h1-3,5-7H,4H2. The Morgan fingerprint density at radius 1 is 1.05 bits per heavy atom. The molecule has 0 aliphatic heterocycles. The first kappa shape index (κ1) is 15.8. The number of Topliss-reactive ketones (excluding diaryl/α,β-unsaturated/α-hetero) is 1. The molecule has 0 aromatic heterocycles. The molecule has 0 radical (unpaired) electrons. The van der Waals surface area contributed by atoms with Gasteiger partial charge in [-0.25, -0.2) is 0 Å². The van der Waals surface area contributed by atoms with E-state index in [-0.39, 0.29) is 28.5 Å². The topological polar surface area (TPSA) is 60.2 Å². The van der Waals surface area contributed by atoms with Gasteiger partial charge in [0.05, 0.1) is 15.0 Å². The third-order valence-electron chi connectivity index (χ3n) is 2.76. The fraction of sp³-hybridized carbons (Fsp3) is 0.0714. The third-order valence-corrected chi connectivity index (χ3v) is 3.72. The summed E-state index contributed by atoms with van der Waals surface area (Å²) in [4.78, 5) is 22.4. The average Bonchev–Trinajstić information content (AvgIpc) is 2.42. The number of hydrogen-bond donors (Lipinski definition) is 0. The Morgan fingerprint density at radius 2 is 1.76 bits per heavy atom. The van der Waals surface area contributed by atoms with Crippen molar-refractivity contribution < 1.29 is 9.72 Å². The number of rotatable bonds is 4. The van der Waals surface area contributed by atoms with Gasteiger partial charge in [0.25, 0.3) is 5.69 Å². The van der Waals surface area contributed by atoms with Crippen LogP contribution < -0.4 is 0 Å². The quantitative estimate of drug-likeness (QED) is 0.446. The molecule has 7 heteroatoms. The number of halogens is 3. The van der Waals surface area contributed by atoms with Crippen LogP contribution >= 0.6 is 34.8 Å². The summed E-state index contributed by atoms with van der Waals surface area (Å²) in [6, 6.07) is 8.64. The summed E-state index contributed by atoms with van der Waals surface area (Å²) in [5, 5.41) is 11.7. The molecule has 0 atom stereocenters. The first-order valence-electron chi connectivity index (χ1n) is 5.79. The van der Waals surface area contributed by atoms with Gasteiger partial charge in [0, 0.05) is 29.1 Å². The number of carbonyl (C=O) groups is 1. The van der Waals surface area contributed by atoms with Crippen LogP contribution in [-0.2, 0) is 6.42 Å². The molecule has 0 unspecified atom stereocenters. The van der Waals surface area contributed by atoms with Crippen LogP contribution in [0.4, 0.5) is 5.69 Å². The van der Waals surface area contributed by atoms with Gasteiger partial charge in [-0.3, -0.25) is 14.9 Å². The maximum atomic E-state index is 12.2. The zero-order valence-corrected chi connectivity index (χ0v) is 12.7. The van der Waals surface area contributed by atoms with Crippen molar-refractivity contribution in [2.45, 2.75) is 6.42 Å². The summed E-state index contributed by atoms with van der Waals surface area (Å²) in [7, 11) is 0. The van der Waals surface area contributed by atoms with Crippen molar-refractivity contribution in [2.75, 3.05) is 0 Å². The van der Waals surface area contributed by atoms with E-state index in [0.29, 0.717) is 15.6 Å². The molecule has 0 fully saturated rings. The molecule has 2 aromatic rings. The molecular weight excluding hydrogens is 337 g/mol. The van der Waals surface area contributed by atoms with Crippen molar-refractivity contribution in [3.63, 3.8) is 0 Å². The minimum absolute atomic E-state index is 0.0500. The molecule has 0 heterocycles. The van der Waals surface area contributed by atoms with Crippen LogP contribution in [-0.4, -0.2) is 10.7 Å². The number of nitro groups is 1. The minimum Gasteiger partial charge on any atom is -0.294 e. The van der Waals surface area contributed by atoms with Crippen LogP contribution in [0.15, 0.2) is 36.4 Å². The predicted molar refractivity (Wildman–Crippen MR) is 82.6 cm³/mol. The van der Waals surface area contributed by atoms with Gasteiger partial charge in [-0.05, 0) is 23.8 Å². The number of hydrogen-bond acceptors (Lipinski definition) is 3. The summed E-state index contributed by atoms with van der Waals surface area (Å²) < 4.78 is 0. The highest BCUT2D eigenvalue weighted by molar-refractivity contribution is 6.42. The largest absolute Gasteiger partial charge is 0.294 e. The molecule has 4 nitrogen and oxygen atoms in total. The molecule has 2 aromatic carbocycles. The molecule has 0 amide bonds. The Bertz CT molecular complexity index is 731. The Morgan fingerprint density at radius 3 is 2.38 bits per heavy atom. The molecule has 0 aliphatic rings. The van der Waals surface area contributed by atoms with Gasteiger partial charge in [0.2, 0.25) is 0 Å². The zero-order valence-electron chi connectivity index (χ0n) is 10.5. The molecule has 0 saturated heterocycles. The highest BCUT2D eigenvalue weighted by atomic mass is 35.5. The monoisotopic (exact) mass is 343 g/mol. The number of benzene rings is 2. The van der Waals surface area contributed by atoms with Crippen LogP contribution in [0.1, 0.15) is 15.9 Å². The highest BCUT2D eigenvalue weighted by Gasteiger charge is 2.15. The number of carbonyl (C=O) groups excluding carboxylic acids is 1. The van der Waals surface area contributed by atoms with Crippen LogP contribution in [0, 0.1) is 10.1 Å². The van der Waals surface area contributed by atoms with Gasteiger partial charge >= 0.3 is 0 Å². The zero-order chi connectivity index (χ0) is 15.6. The number of nitrogens with zero attached hydrogens (tertiary/aromatic N) is 1. The van der Waals surface area contributed by atoms with E-state index >= 15 is 0 Å². The summed E-state index contributed by atoms with van der Waals surface area (Å²) in [5.41, 5.74) is 0.622. The van der Waals surface area contributed by atoms with Crippen LogP contribution in [0.5, 0.6) is 0 Å². The lowest BCUT2D eigenvalue weighted by molar-refractivity contribution is -0.384. The van der Waals surface area contributed by atoms with Crippen molar-refractivity contribution in [1.82, 2.24) is 0 Å². The van der Waals surface area contributed by atoms with E-state index in [1.807, 2.05) is 0 Å². The van der Waals surface area contributed by atoms with Gasteiger partial charge in [-0.1, -0.05) is 40.9 Å². The minimum atomic E-state index is -0.595. The van der Waals surface area contributed by atoms with E-state index in [4.69, 9.17) is 34.8 Å². The second kappa shape index (κ2) is 6.43. The Hall–Kier alpha value is -1.62. The second-order valence-corrected chi connectivity index (χ2v) is 5.55. The Labute approximate surface area is 135 Å². The molecule has 108 valence electrons. The van der Waals surface area contributed by atoms with E-state index in [9.17, 15) is 14.9 Å². The van der Waals surface area contributed by atoms with E-state index < -0.39 is 4.92 Å². The molecule has 21 heavy (non-hydrogen) atoms. The number of nitro benzene ring substituents is 1. The first-order valence-corrected chi connectivity index (χ1v) is 6.92. The van der Waals surface area contributed by atoms with Gasteiger partial charge in [-0.2, -0.15) is 0 Å². The molecule has 0 N–H and O–H groups in total. The number of ketones is 1. The molecule has 0 spiro atoms. The summed E-state index contributed by atoms with van der Waals surface area (Å²) in [6.45, 7) is 0. The number of non-ortho nitro benzene ring substituents is 1. The van der Waals surface area contributed by atoms with Crippen LogP contribution in [0.2, 0.25) is 15.1 Å². The maximum absolute atomic E-state index is 12.2. The van der Waals surface area contributed by atoms with Crippen molar-refractivity contribution >= 4 is 46.3 Å². The first-order chi connectivity index (χ1) is 9.86. The molecule has 2 rings (SSSR count). The van der Waals surface area contributed by atoms with Gasteiger partial charge in [0.1, 0.15) is 0 Å². The van der Waals surface area contributed by atoms with Crippen molar-refractivity contribution in [2.24, 2.45) is 0 Å². The van der Waals surface area contributed by atoms with Crippen LogP contribution in [0.3, 0.4) is 0 Å². The van der Waals surface area contributed by atoms with Crippen molar-refractivity contribution in [3.8, 4) is 0 Å². The van der Waals surface area contributed by atoms with Gasteiger partial charge in [0.15, 0.2) is 5.78 Å². The maximum Gasteiger partial charge on any atom is 0.271 e. The van der Waals surface area contributed by atoms with Gasteiger partial charge < -0.3 is 0 Å². The van der Waals surface area contributed by atoms with Gasteiger partial charge in [-0.15, -0.1) is 0 Å². The lowest BCUT2D eigenvalue weighted by Crippen LogP contribution is -2.04. The van der Waals surface area contributed by atoms with E-state index in [1.54, 1.807) is 18.2 Å². The van der Waals surface area contributed by atoms with Crippen molar-refractivity contribution in [1.29, 1.82) is 0 Å². The summed E-state index contributed by atoms with van der Waals surface area (Å²) in [5.74, 6) is -0.293. The SMILES string of the molecule is O=C(Cc1ccc(Cl)c(Cl)c1)c1cc(Cl)cc([N+](=O)[O-])c1. The van der Waals surface area contributed by atoms with Crippen molar-refractivity contribution in [3.05, 3.63) is 72.7 Å². The summed E-state index contributed by atoms with van der Waals surface area (Å²) >= 11 is 17.5. The van der Waals surface area contributed by atoms with E-state index in [0.717, 1.165) is 0 Å². The van der Waals surface area contributed by atoms with E-state index in [2.05, 4.69) is 0 Å². The summed E-state index contributed by atoms with van der Waals surface area (Å²) in [6.07, 6.45) is 0.0500. The fourth-order valence-electron chi connectivity index (χ4n) is 1.78. The van der Waals surface area contributed by atoms with E-state index in [1.165, 1.54) is 18.2 Å². The normalized spacial score (nSPS) is 10.4. The fourth-order valence-corrected chi connectivity index (χ4v) is 2.33. The molecule has 0 bridgehead atoms. The highest BCUT2D eigenvalue weighted by Crippen LogP contribution is 2.25.